The number of benzene rings is 2. The summed E-state index contributed by atoms with van der Waals surface area (Å²) in [5.41, 5.74) is 3.72. The zero-order valence-electron chi connectivity index (χ0n) is 20.4. The van der Waals surface area contributed by atoms with E-state index in [1.165, 1.54) is 15.4 Å². The summed E-state index contributed by atoms with van der Waals surface area (Å²) in [5.74, 6) is 0.481. The lowest BCUT2D eigenvalue weighted by Gasteiger charge is -2.28. The van der Waals surface area contributed by atoms with E-state index in [4.69, 9.17) is 19.6 Å². The molecule has 3 heterocycles. The van der Waals surface area contributed by atoms with Crippen LogP contribution in [0.2, 0.25) is 0 Å². The highest BCUT2D eigenvalue weighted by Crippen LogP contribution is 2.22. The standard InChI is InChI=1S/C27H33N5O3/c1-21-7-9-22(10-8-21)24(19-30-11-15-34-16-12-30)25-27(33)32(20-31-13-17-35-18-14-31)29-26(28-25)23-5-3-2-4-6-23/h2-10,24H,11-20H2,1H3/p+2/t24-/m1/s1. The maximum absolute atomic E-state index is 13.9. The summed E-state index contributed by atoms with van der Waals surface area (Å²) in [6.07, 6.45) is 0. The molecule has 3 aromatic rings. The fraction of sp³-hybridized carbons (Fsp3) is 0.444. The van der Waals surface area contributed by atoms with E-state index in [1.54, 1.807) is 4.68 Å². The first kappa shape index (κ1) is 23.8. The lowest BCUT2D eigenvalue weighted by Crippen LogP contribution is -3.14. The zero-order valence-corrected chi connectivity index (χ0v) is 20.4. The summed E-state index contributed by atoms with van der Waals surface area (Å²) in [6, 6.07) is 18.5. The van der Waals surface area contributed by atoms with E-state index in [9.17, 15) is 4.79 Å². The molecule has 35 heavy (non-hydrogen) atoms. The van der Waals surface area contributed by atoms with Crippen LogP contribution in [-0.2, 0) is 16.1 Å². The first-order valence-electron chi connectivity index (χ1n) is 12.6. The van der Waals surface area contributed by atoms with Crippen LogP contribution in [0.3, 0.4) is 0 Å². The Morgan fingerprint density at radius 2 is 1.51 bits per heavy atom. The van der Waals surface area contributed by atoms with Crippen LogP contribution in [0.5, 0.6) is 0 Å². The lowest BCUT2D eigenvalue weighted by molar-refractivity contribution is -0.931. The van der Waals surface area contributed by atoms with Gasteiger partial charge in [0.2, 0.25) is 0 Å². The van der Waals surface area contributed by atoms with Crippen LogP contribution in [0, 0.1) is 6.92 Å². The molecule has 0 unspecified atom stereocenters. The largest absolute Gasteiger partial charge is 0.370 e. The van der Waals surface area contributed by atoms with E-state index in [0.717, 1.165) is 57.1 Å². The van der Waals surface area contributed by atoms with Crippen LogP contribution in [-0.4, -0.2) is 73.9 Å². The SMILES string of the molecule is Cc1ccc([C@@H](C[NH+]2CCOCC2)c2nc(-c3ccccc3)nn(C[NH+]3CCOCC3)c2=O)cc1. The van der Waals surface area contributed by atoms with Crippen molar-refractivity contribution in [2.75, 3.05) is 59.2 Å². The van der Waals surface area contributed by atoms with Crippen molar-refractivity contribution in [3.63, 3.8) is 0 Å². The molecular formula is C27H35N5O3+2. The van der Waals surface area contributed by atoms with E-state index in [0.29, 0.717) is 31.4 Å². The van der Waals surface area contributed by atoms with Gasteiger partial charge < -0.3 is 19.3 Å². The second-order valence-corrected chi connectivity index (χ2v) is 9.54. The average molecular weight is 478 g/mol. The number of hydrogen-bond donors (Lipinski definition) is 2. The predicted molar refractivity (Wildman–Crippen MR) is 133 cm³/mol. The van der Waals surface area contributed by atoms with Gasteiger partial charge in [-0.15, -0.1) is 5.10 Å². The lowest BCUT2D eigenvalue weighted by atomic mass is 9.94. The fourth-order valence-corrected chi connectivity index (χ4v) is 4.87. The van der Waals surface area contributed by atoms with Gasteiger partial charge in [-0.2, -0.15) is 4.68 Å². The molecule has 2 aromatic carbocycles. The van der Waals surface area contributed by atoms with Gasteiger partial charge in [0.15, 0.2) is 12.5 Å². The number of aryl methyl sites for hydroxylation is 1. The minimum absolute atomic E-state index is 0.0955. The smallest absolute Gasteiger partial charge is 0.294 e. The molecule has 2 aliphatic heterocycles. The van der Waals surface area contributed by atoms with Gasteiger partial charge in [0.25, 0.3) is 5.56 Å². The minimum Gasteiger partial charge on any atom is -0.370 e. The third-order valence-corrected chi connectivity index (χ3v) is 7.00. The molecule has 2 fully saturated rings. The first-order chi connectivity index (χ1) is 17.2. The van der Waals surface area contributed by atoms with Gasteiger partial charge in [0.1, 0.15) is 31.9 Å². The summed E-state index contributed by atoms with van der Waals surface area (Å²) >= 11 is 0. The summed E-state index contributed by atoms with van der Waals surface area (Å²) in [4.78, 5) is 21.6. The van der Waals surface area contributed by atoms with Crippen LogP contribution in [0.25, 0.3) is 11.4 Å². The summed E-state index contributed by atoms with van der Waals surface area (Å²) in [7, 11) is 0. The van der Waals surface area contributed by atoms with Crippen LogP contribution in [0.15, 0.2) is 59.4 Å². The summed E-state index contributed by atoms with van der Waals surface area (Å²) in [5, 5.41) is 4.74. The van der Waals surface area contributed by atoms with E-state index in [1.807, 2.05) is 30.3 Å². The van der Waals surface area contributed by atoms with Gasteiger partial charge >= 0.3 is 0 Å². The van der Waals surface area contributed by atoms with Crippen molar-refractivity contribution in [1.82, 2.24) is 14.8 Å². The van der Waals surface area contributed by atoms with Crippen molar-refractivity contribution in [3.8, 4) is 11.4 Å². The van der Waals surface area contributed by atoms with Gasteiger partial charge in [0.05, 0.1) is 38.9 Å². The molecule has 1 aromatic heterocycles. The Hall–Kier alpha value is -2.91. The number of aromatic nitrogens is 3. The number of morpholine rings is 2. The Labute approximate surface area is 206 Å². The zero-order chi connectivity index (χ0) is 24.0. The number of hydrogen-bond acceptors (Lipinski definition) is 5. The van der Waals surface area contributed by atoms with E-state index in [-0.39, 0.29) is 11.5 Å². The maximum Gasteiger partial charge on any atom is 0.294 e. The quantitative estimate of drug-likeness (QED) is 0.482. The van der Waals surface area contributed by atoms with E-state index >= 15 is 0 Å². The molecule has 0 aliphatic carbocycles. The monoisotopic (exact) mass is 477 g/mol. The second-order valence-electron chi connectivity index (χ2n) is 9.54. The van der Waals surface area contributed by atoms with Crippen LogP contribution < -0.4 is 15.4 Å². The number of nitrogens with one attached hydrogen (secondary N) is 2. The molecule has 8 nitrogen and oxygen atoms in total. The molecule has 2 saturated heterocycles. The van der Waals surface area contributed by atoms with Crippen LogP contribution in [0.4, 0.5) is 0 Å². The molecule has 2 N–H and O–H groups in total. The molecule has 1 atom stereocenters. The Morgan fingerprint density at radius 3 is 2.17 bits per heavy atom. The topological polar surface area (TPSA) is 75.1 Å². The number of ether oxygens (including phenoxy) is 2. The van der Waals surface area contributed by atoms with Gasteiger partial charge in [-0.1, -0.05) is 60.2 Å². The van der Waals surface area contributed by atoms with E-state index < -0.39 is 0 Å². The highest BCUT2D eigenvalue weighted by atomic mass is 16.5. The Morgan fingerprint density at radius 1 is 0.886 bits per heavy atom. The third kappa shape index (κ3) is 5.85. The molecule has 184 valence electrons. The summed E-state index contributed by atoms with van der Waals surface area (Å²) in [6.45, 7) is 9.93. The van der Waals surface area contributed by atoms with E-state index in [2.05, 4.69) is 31.2 Å². The Balaban J connectivity index is 1.59. The van der Waals surface area contributed by atoms with Gasteiger partial charge in [-0.3, -0.25) is 4.79 Å². The van der Waals surface area contributed by atoms with Gasteiger partial charge in [0, 0.05) is 5.56 Å². The number of quaternary nitrogens is 2. The predicted octanol–water partition coefficient (Wildman–Crippen LogP) is -0.467. The van der Waals surface area contributed by atoms with Crippen molar-refractivity contribution >= 4 is 0 Å². The molecule has 0 saturated carbocycles. The van der Waals surface area contributed by atoms with Gasteiger partial charge in [-0.05, 0) is 12.5 Å². The molecule has 0 bridgehead atoms. The highest BCUT2D eigenvalue weighted by Gasteiger charge is 2.29. The number of rotatable bonds is 7. The molecule has 2 aliphatic rings. The third-order valence-electron chi connectivity index (χ3n) is 7.00. The maximum atomic E-state index is 13.9. The van der Waals surface area contributed by atoms with Crippen LogP contribution in [0.1, 0.15) is 22.7 Å². The molecule has 5 rings (SSSR count). The fourth-order valence-electron chi connectivity index (χ4n) is 4.87. The van der Waals surface area contributed by atoms with Crippen LogP contribution >= 0.6 is 0 Å². The molecule has 0 amide bonds. The van der Waals surface area contributed by atoms with Crippen molar-refractivity contribution in [2.24, 2.45) is 0 Å². The Bertz CT molecular complexity index is 1150. The van der Waals surface area contributed by atoms with Crippen molar-refractivity contribution in [1.29, 1.82) is 0 Å². The Kier molecular flexibility index (Phi) is 7.63. The molecular weight excluding hydrogens is 442 g/mol. The van der Waals surface area contributed by atoms with Crippen molar-refractivity contribution < 1.29 is 19.3 Å². The van der Waals surface area contributed by atoms with Gasteiger partial charge in [-0.25, -0.2) is 4.98 Å². The highest BCUT2D eigenvalue weighted by molar-refractivity contribution is 5.54. The number of nitrogens with zero attached hydrogens (tertiary/aromatic N) is 3. The summed E-state index contributed by atoms with van der Waals surface area (Å²) < 4.78 is 12.7. The first-order valence-corrected chi connectivity index (χ1v) is 12.6. The molecule has 0 radical (unpaired) electrons. The second kappa shape index (κ2) is 11.2. The van der Waals surface area contributed by atoms with Crippen molar-refractivity contribution in [2.45, 2.75) is 19.5 Å². The molecule has 0 spiro atoms. The van der Waals surface area contributed by atoms with Crippen molar-refractivity contribution in [3.05, 3.63) is 81.8 Å². The normalized spacial score (nSPS) is 18.4. The molecule has 8 heteroatoms. The average Bonchev–Trinajstić information content (AvgIpc) is 2.91. The minimum atomic E-state index is -0.118.